The lowest BCUT2D eigenvalue weighted by Crippen LogP contribution is -2.18. The molecule has 0 saturated carbocycles. The first-order valence-electron chi connectivity index (χ1n) is 4.47. The van der Waals surface area contributed by atoms with Crippen molar-refractivity contribution in [3.05, 3.63) is 34.6 Å². The molecule has 1 N–H and O–H groups in total. The SMILES string of the molecule is CCONC(C)c1ccc(Cl)c(F)c1. The Kier molecular flexibility index (Phi) is 4.32. The van der Waals surface area contributed by atoms with Crippen LogP contribution in [0.5, 0.6) is 0 Å². The van der Waals surface area contributed by atoms with E-state index < -0.39 is 5.82 Å². The first kappa shape index (κ1) is 11.4. The Morgan fingerprint density at radius 3 is 2.86 bits per heavy atom. The van der Waals surface area contributed by atoms with E-state index >= 15 is 0 Å². The van der Waals surface area contributed by atoms with Gasteiger partial charge in [-0.15, -0.1) is 0 Å². The van der Waals surface area contributed by atoms with Crippen LogP contribution in [0.2, 0.25) is 5.02 Å². The molecule has 1 atom stereocenters. The van der Waals surface area contributed by atoms with E-state index in [1.165, 1.54) is 12.1 Å². The van der Waals surface area contributed by atoms with Gasteiger partial charge >= 0.3 is 0 Å². The zero-order valence-electron chi connectivity index (χ0n) is 8.18. The van der Waals surface area contributed by atoms with Crippen molar-refractivity contribution in [1.29, 1.82) is 0 Å². The Morgan fingerprint density at radius 2 is 2.29 bits per heavy atom. The number of hydrogen-bond acceptors (Lipinski definition) is 2. The van der Waals surface area contributed by atoms with Crippen molar-refractivity contribution in [1.82, 2.24) is 5.48 Å². The topological polar surface area (TPSA) is 21.3 Å². The minimum Gasteiger partial charge on any atom is -0.302 e. The molecule has 0 fully saturated rings. The minimum atomic E-state index is -0.408. The first-order valence-corrected chi connectivity index (χ1v) is 4.85. The molecule has 0 bridgehead atoms. The third-order valence-electron chi connectivity index (χ3n) is 1.85. The maximum absolute atomic E-state index is 13.1. The average molecular weight is 218 g/mol. The fraction of sp³-hybridized carbons (Fsp3) is 0.400. The second kappa shape index (κ2) is 5.29. The lowest BCUT2D eigenvalue weighted by molar-refractivity contribution is 0.0284. The first-order chi connectivity index (χ1) is 6.65. The second-order valence-electron chi connectivity index (χ2n) is 2.95. The monoisotopic (exact) mass is 217 g/mol. The molecule has 0 aromatic heterocycles. The van der Waals surface area contributed by atoms with Gasteiger partial charge in [-0.1, -0.05) is 17.7 Å². The lowest BCUT2D eigenvalue weighted by Gasteiger charge is -2.13. The highest BCUT2D eigenvalue weighted by Crippen LogP contribution is 2.19. The van der Waals surface area contributed by atoms with Crippen LogP contribution >= 0.6 is 11.6 Å². The van der Waals surface area contributed by atoms with Crippen molar-refractivity contribution in [3.8, 4) is 0 Å². The molecular weight excluding hydrogens is 205 g/mol. The van der Waals surface area contributed by atoms with E-state index in [1.54, 1.807) is 6.07 Å². The van der Waals surface area contributed by atoms with Gasteiger partial charge in [0.1, 0.15) is 5.82 Å². The van der Waals surface area contributed by atoms with Crippen LogP contribution in [0.25, 0.3) is 0 Å². The summed E-state index contributed by atoms with van der Waals surface area (Å²) in [5, 5.41) is 0.136. The summed E-state index contributed by atoms with van der Waals surface area (Å²) in [7, 11) is 0. The van der Waals surface area contributed by atoms with E-state index in [0.717, 1.165) is 5.56 Å². The molecule has 1 rings (SSSR count). The quantitative estimate of drug-likeness (QED) is 0.783. The number of rotatable bonds is 4. The number of halogens is 2. The molecule has 1 unspecified atom stereocenters. The van der Waals surface area contributed by atoms with Crippen LogP contribution in [-0.2, 0) is 4.84 Å². The molecule has 0 spiro atoms. The molecule has 0 saturated heterocycles. The summed E-state index contributed by atoms with van der Waals surface area (Å²) in [5.41, 5.74) is 3.59. The van der Waals surface area contributed by atoms with Gasteiger partial charge in [0.25, 0.3) is 0 Å². The Labute approximate surface area is 88.0 Å². The highest BCUT2D eigenvalue weighted by atomic mass is 35.5. The molecule has 4 heteroatoms. The Hall–Kier alpha value is -0.640. The number of hydrogen-bond donors (Lipinski definition) is 1. The van der Waals surface area contributed by atoms with Crippen molar-refractivity contribution >= 4 is 11.6 Å². The summed E-state index contributed by atoms with van der Waals surface area (Å²) in [5.74, 6) is -0.408. The normalized spacial score (nSPS) is 12.9. The Balaban J connectivity index is 2.70. The second-order valence-corrected chi connectivity index (χ2v) is 3.35. The maximum atomic E-state index is 13.1. The van der Waals surface area contributed by atoms with Crippen LogP contribution in [0.3, 0.4) is 0 Å². The Morgan fingerprint density at radius 1 is 1.57 bits per heavy atom. The Bertz CT molecular complexity index is 306. The van der Waals surface area contributed by atoms with Crippen molar-refractivity contribution in [3.63, 3.8) is 0 Å². The van der Waals surface area contributed by atoms with Crippen LogP contribution in [0.4, 0.5) is 4.39 Å². The molecule has 0 heterocycles. The smallest absolute Gasteiger partial charge is 0.142 e. The largest absolute Gasteiger partial charge is 0.302 e. The highest BCUT2D eigenvalue weighted by molar-refractivity contribution is 6.30. The third-order valence-corrected chi connectivity index (χ3v) is 2.15. The van der Waals surface area contributed by atoms with Crippen LogP contribution in [-0.4, -0.2) is 6.61 Å². The number of hydroxylamine groups is 1. The van der Waals surface area contributed by atoms with E-state index in [9.17, 15) is 4.39 Å². The van der Waals surface area contributed by atoms with Gasteiger partial charge < -0.3 is 4.84 Å². The van der Waals surface area contributed by atoms with E-state index in [0.29, 0.717) is 6.61 Å². The van der Waals surface area contributed by atoms with Gasteiger partial charge in [0, 0.05) is 0 Å². The standard InChI is InChI=1S/C10H13ClFNO/c1-3-14-13-7(2)8-4-5-9(11)10(12)6-8/h4-7,13H,3H2,1-2H3. The van der Waals surface area contributed by atoms with Gasteiger partial charge in [-0.05, 0) is 31.5 Å². The molecule has 2 nitrogen and oxygen atoms in total. The number of benzene rings is 1. The molecule has 1 aromatic rings. The van der Waals surface area contributed by atoms with Crippen LogP contribution in [0.15, 0.2) is 18.2 Å². The average Bonchev–Trinajstić information content (AvgIpc) is 2.18. The summed E-state index contributed by atoms with van der Waals surface area (Å²) in [6.07, 6.45) is 0. The molecule has 0 radical (unpaired) electrons. The summed E-state index contributed by atoms with van der Waals surface area (Å²) >= 11 is 5.56. The number of nitrogens with one attached hydrogen (secondary N) is 1. The predicted molar refractivity (Wildman–Crippen MR) is 54.6 cm³/mol. The minimum absolute atomic E-state index is 0.0540. The van der Waals surface area contributed by atoms with Gasteiger partial charge in [-0.25, -0.2) is 4.39 Å². The predicted octanol–water partition coefficient (Wildman–Crippen LogP) is 3.08. The molecule has 0 aliphatic rings. The third kappa shape index (κ3) is 2.94. The highest BCUT2D eigenvalue weighted by Gasteiger charge is 2.07. The van der Waals surface area contributed by atoms with Crippen LogP contribution in [0.1, 0.15) is 25.5 Å². The van der Waals surface area contributed by atoms with E-state index in [4.69, 9.17) is 16.4 Å². The molecule has 14 heavy (non-hydrogen) atoms. The van der Waals surface area contributed by atoms with Gasteiger partial charge in [-0.2, -0.15) is 5.48 Å². The summed E-state index contributed by atoms with van der Waals surface area (Å²) in [6.45, 7) is 4.33. The lowest BCUT2D eigenvalue weighted by atomic mass is 10.1. The van der Waals surface area contributed by atoms with Gasteiger partial charge in [0.15, 0.2) is 0 Å². The van der Waals surface area contributed by atoms with E-state index in [2.05, 4.69) is 5.48 Å². The fourth-order valence-corrected chi connectivity index (χ4v) is 1.18. The van der Waals surface area contributed by atoms with Crippen molar-refractivity contribution in [2.24, 2.45) is 0 Å². The maximum Gasteiger partial charge on any atom is 0.142 e. The van der Waals surface area contributed by atoms with Crippen molar-refractivity contribution in [2.75, 3.05) is 6.61 Å². The summed E-state index contributed by atoms with van der Waals surface area (Å²) in [6, 6.07) is 4.65. The molecular formula is C10H13ClFNO. The van der Waals surface area contributed by atoms with Crippen LogP contribution in [0, 0.1) is 5.82 Å². The van der Waals surface area contributed by atoms with Crippen molar-refractivity contribution in [2.45, 2.75) is 19.9 Å². The summed E-state index contributed by atoms with van der Waals surface area (Å²) in [4.78, 5) is 5.01. The van der Waals surface area contributed by atoms with Crippen LogP contribution < -0.4 is 5.48 Å². The zero-order chi connectivity index (χ0) is 10.6. The zero-order valence-corrected chi connectivity index (χ0v) is 8.94. The van der Waals surface area contributed by atoms with E-state index in [1.807, 2.05) is 13.8 Å². The molecule has 0 aliphatic carbocycles. The van der Waals surface area contributed by atoms with Gasteiger partial charge in [0.05, 0.1) is 17.7 Å². The van der Waals surface area contributed by atoms with Gasteiger partial charge in [0.2, 0.25) is 0 Å². The summed E-state index contributed by atoms with van der Waals surface area (Å²) < 4.78 is 13.1. The molecule has 0 amide bonds. The fourth-order valence-electron chi connectivity index (χ4n) is 1.06. The van der Waals surface area contributed by atoms with Gasteiger partial charge in [-0.3, -0.25) is 0 Å². The molecule has 1 aromatic carbocycles. The molecule has 0 aliphatic heterocycles. The molecule has 78 valence electrons. The van der Waals surface area contributed by atoms with Crippen molar-refractivity contribution < 1.29 is 9.23 Å². The van der Waals surface area contributed by atoms with E-state index in [-0.39, 0.29) is 11.1 Å².